The topological polar surface area (TPSA) is 77.3 Å². The number of nitro groups is 1. The first-order valence-corrected chi connectivity index (χ1v) is 3.88. The van der Waals surface area contributed by atoms with Crippen LogP contribution in [0.1, 0.15) is 15.9 Å². The van der Waals surface area contributed by atoms with E-state index in [1.807, 2.05) is 0 Å². The molecule has 0 atom stereocenters. The average Bonchev–Trinajstić information content (AvgIpc) is 2.25. The first kappa shape index (κ1) is 10.6. The summed E-state index contributed by atoms with van der Waals surface area (Å²) in [6.07, 6.45) is 0.784. The molecule has 0 bridgehead atoms. The predicted molar refractivity (Wildman–Crippen MR) is 51.4 cm³/mol. The van der Waals surface area contributed by atoms with Crippen LogP contribution >= 0.6 is 0 Å². The van der Waals surface area contributed by atoms with E-state index in [4.69, 9.17) is 0 Å². The molecule has 0 saturated carbocycles. The van der Waals surface area contributed by atoms with E-state index in [1.165, 1.54) is 18.2 Å². The van der Waals surface area contributed by atoms with E-state index < -0.39 is 4.92 Å². The SMILES string of the molecule is O=CC#Cc1ccc([N+](=O)[O-])c(C=O)c1. The van der Waals surface area contributed by atoms with Gasteiger partial charge in [-0.2, -0.15) is 0 Å². The number of nitro benzene ring substituents is 1. The van der Waals surface area contributed by atoms with Crippen molar-refractivity contribution in [1.29, 1.82) is 0 Å². The molecule has 5 nitrogen and oxygen atoms in total. The molecule has 1 aromatic rings. The number of carbonyl (C=O) groups excluding carboxylic acids is 2. The quantitative estimate of drug-likeness (QED) is 0.310. The fourth-order valence-electron chi connectivity index (χ4n) is 1.01. The molecule has 0 aliphatic heterocycles. The van der Waals surface area contributed by atoms with E-state index in [0.717, 1.165) is 0 Å². The van der Waals surface area contributed by atoms with Gasteiger partial charge in [-0.05, 0) is 18.1 Å². The lowest BCUT2D eigenvalue weighted by Gasteiger charge is -1.95. The van der Waals surface area contributed by atoms with Crippen LogP contribution < -0.4 is 0 Å². The van der Waals surface area contributed by atoms with Crippen molar-refractivity contribution in [2.75, 3.05) is 0 Å². The largest absolute Gasteiger partial charge is 0.298 e. The molecule has 0 unspecified atom stereocenters. The summed E-state index contributed by atoms with van der Waals surface area (Å²) in [5.41, 5.74) is 0.0501. The minimum Gasteiger partial charge on any atom is -0.298 e. The van der Waals surface area contributed by atoms with Gasteiger partial charge in [0.05, 0.1) is 10.5 Å². The molecule has 0 radical (unpaired) electrons. The second-order valence-corrected chi connectivity index (χ2v) is 2.54. The summed E-state index contributed by atoms with van der Waals surface area (Å²) in [5, 5.41) is 10.5. The van der Waals surface area contributed by atoms with Gasteiger partial charge in [0, 0.05) is 11.6 Å². The van der Waals surface area contributed by atoms with Gasteiger partial charge < -0.3 is 0 Å². The lowest BCUT2D eigenvalue weighted by Crippen LogP contribution is -1.94. The van der Waals surface area contributed by atoms with Crippen LogP contribution in [0, 0.1) is 22.0 Å². The second-order valence-electron chi connectivity index (χ2n) is 2.54. The lowest BCUT2D eigenvalue weighted by atomic mass is 10.1. The van der Waals surface area contributed by atoms with E-state index in [9.17, 15) is 19.7 Å². The zero-order valence-corrected chi connectivity index (χ0v) is 7.47. The summed E-state index contributed by atoms with van der Waals surface area (Å²) in [6, 6.07) is 3.82. The zero-order chi connectivity index (χ0) is 11.3. The molecule has 1 rings (SSSR count). The summed E-state index contributed by atoms with van der Waals surface area (Å²) in [5.74, 6) is 4.58. The Morgan fingerprint density at radius 1 is 1.33 bits per heavy atom. The number of hydrogen-bond acceptors (Lipinski definition) is 4. The monoisotopic (exact) mass is 203 g/mol. The maximum Gasteiger partial charge on any atom is 0.279 e. The second kappa shape index (κ2) is 4.67. The number of rotatable bonds is 2. The molecule has 0 aromatic heterocycles. The Morgan fingerprint density at radius 3 is 2.60 bits per heavy atom. The molecule has 0 saturated heterocycles. The molecule has 1 aromatic carbocycles. The summed E-state index contributed by atoms with van der Waals surface area (Å²) in [7, 11) is 0. The van der Waals surface area contributed by atoms with E-state index in [2.05, 4.69) is 11.8 Å². The first-order valence-electron chi connectivity index (χ1n) is 3.88. The minimum atomic E-state index is -0.652. The predicted octanol–water partition coefficient (Wildman–Crippen LogP) is 0.958. The van der Waals surface area contributed by atoms with Gasteiger partial charge >= 0.3 is 0 Å². The molecule has 0 N–H and O–H groups in total. The van der Waals surface area contributed by atoms with Crippen molar-refractivity contribution >= 4 is 18.3 Å². The molecule has 74 valence electrons. The Bertz CT molecular complexity index is 482. The number of nitrogens with zero attached hydrogens (tertiary/aromatic N) is 1. The molecule has 0 aliphatic rings. The summed E-state index contributed by atoms with van der Waals surface area (Å²) >= 11 is 0. The maximum absolute atomic E-state index is 10.5. The summed E-state index contributed by atoms with van der Waals surface area (Å²) in [6.45, 7) is 0. The van der Waals surface area contributed by atoms with Gasteiger partial charge in [0.1, 0.15) is 0 Å². The van der Waals surface area contributed by atoms with Crippen molar-refractivity contribution < 1.29 is 14.5 Å². The zero-order valence-electron chi connectivity index (χ0n) is 7.47. The van der Waals surface area contributed by atoms with Gasteiger partial charge in [0.15, 0.2) is 12.6 Å². The van der Waals surface area contributed by atoms with Crippen molar-refractivity contribution in [3.63, 3.8) is 0 Å². The third-order valence-corrected chi connectivity index (χ3v) is 1.63. The highest BCUT2D eigenvalue weighted by Gasteiger charge is 2.12. The Balaban J connectivity index is 3.24. The molecular weight excluding hydrogens is 198 g/mol. The van der Waals surface area contributed by atoms with Crippen molar-refractivity contribution in [3.8, 4) is 11.8 Å². The van der Waals surface area contributed by atoms with Crippen LogP contribution in [0.15, 0.2) is 18.2 Å². The van der Waals surface area contributed by atoms with Crippen LogP contribution in [0.5, 0.6) is 0 Å². The minimum absolute atomic E-state index is 0.0577. The van der Waals surface area contributed by atoms with Gasteiger partial charge in [-0.25, -0.2) is 0 Å². The number of carbonyl (C=O) groups is 2. The normalized spacial score (nSPS) is 8.53. The number of benzene rings is 1. The van der Waals surface area contributed by atoms with Crippen LogP contribution in [0.4, 0.5) is 5.69 Å². The fraction of sp³-hybridized carbons (Fsp3) is 0. The smallest absolute Gasteiger partial charge is 0.279 e. The first-order chi connectivity index (χ1) is 7.19. The molecule has 0 fully saturated rings. The molecule has 5 heteroatoms. The van der Waals surface area contributed by atoms with Gasteiger partial charge in [0.2, 0.25) is 0 Å². The Labute approximate surface area is 84.9 Å². The van der Waals surface area contributed by atoms with Crippen molar-refractivity contribution in [3.05, 3.63) is 39.4 Å². The van der Waals surface area contributed by atoms with Gasteiger partial charge in [-0.3, -0.25) is 19.7 Å². The Kier molecular flexibility index (Phi) is 3.30. The molecule has 0 aliphatic carbocycles. The van der Waals surface area contributed by atoms with E-state index in [1.54, 1.807) is 0 Å². The van der Waals surface area contributed by atoms with E-state index in [-0.39, 0.29) is 11.3 Å². The average molecular weight is 203 g/mol. The Morgan fingerprint density at radius 2 is 2.07 bits per heavy atom. The van der Waals surface area contributed by atoms with Gasteiger partial charge in [0.25, 0.3) is 5.69 Å². The molecule has 0 spiro atoms. The Hall–Kier alpha value is -2.48. The van der Waals surface area contributed by atoms with Crippen LogP contribution in [0.25, 0.3) is 0 Å². The molecule has 0 heterocycles. The fourth-order valence-corrected chi connectivity index (χ4v) is 1.01. The standard InChI is InChI=1S/C10H5NO4/c12-5-1-2-8-3-4-10(11(14)15)9(6-8)7-13/h3-7H. The number of hydrogen-bond donors (Lipinski definition) is 0. The van der Waals surface area contributed by atoms with Crippen molar-refractivity contribution in [2.45, 2.75) is 0 Å². The van der Waals surface area contributed by atoms with Gasteiger partial charge in [-0.15, -0.1) is 0 Å². The summed E-state index contributed by atoms with van der Waals surface area (Å²) < 4.78 is 0. The van der Waals surface area contributed by atoms with E-state index >= 15 is 0 Å². The van der Waals surface area contributed by atoms with Gasteiger partial charge in [-0.1, -0.05) is 5.92 Å². The maximum atomic E-state index is 10.5. The van der Waals surface area contributed by atoms with Crippen LogP contribution in [0.3, 0.4) is 0 Å². The lowest BCUT2D eigenvalue weighted by molar-refractivity contribution is -0.385. The van der Waals surface area contributed by atoms with Crippen LogP contribution in [-0.4, -0.2) is 17.5 Å². The third kappa shape index (κ3) is 2.48. The third-order valence-electron chi connectivity index (χ3n) is 1.63. The highest BCUT2D eigenvalue weighted by Crippen LogP contribution is 2.17. The highest BCUT2D eigenvalue weighted by atomic mass is 16.6. The molecular formula is C10H5NO4. The highest BCUT2D eigenvalue weighted by molar-refractivity contribution is 5.82. The number of aldehydes is 2. The van der Waals surface area contributed by atoms with Crippen LogP contribution in [-0.2, 0) is 4.79 Å². The molecule has 0 amide bonds. The van der Waals surface area contributed by atoms with Crippen LogP contribution in [0.2, 0.25) is 0 Å². The summed E-state index contributed by atoms with van der Waals surface area (Å²) in [4.78, 5) is 30.3. The van der Waals surface area contributed by atoms with Crippen molar-refractivity contribution in [1.82, 2.24) is 0 Å². The molecule has 15 heavy (non-hydrogen) atoms. The van der Waals surface area contributed by atoms with E-state index in [0.29, 0.717) is 18.1 Å². The van der Waals surface area contributed by atoms with Crippen molar-refractivity contribution in [2.24, 2.45) is 0 Å².